The number of rotatable bonds is 6. The third-order valence-electron chi connectivity index (χ3n) is 4.26. The van der Waals surface area contributed by atoms with Crippen LogP contribution in [0.15, 0.2) is 37.1 Å². The van der Waals surface area contributed by atoms with Crippen molar-refractivity contribution in [2.75, 3.05) is 31.6 Å². The maximum Gasteiger partial charge on any atom is 0.255 e. The van der Waals surface area contributed by atoms with Gasteiger partial charge in [0.1, 0.15) is 5.82 Å². The highest BCUT2D eigenvalue weighted by Crippen LogP contribution is 2.20. The molecule has 1 amide bonds. The minimum Gasteiger partial charge on any atom is -0.395 e. The second-order valence-corrected chi connectivity index (χ2v) is 6.10. The zero-order chi connectivity index (χ0) is 16.8. The Kier molecular flexibility index (Phi) is 5.43. The van der Waals surface area contributed by atoms with Gasteiger partial charge in [-0.3, -0.25) is 4.79 Å². The van der Waals surface area contributed by atoms with Gasteiger partial charge in [-0.2, -0.15) is 0 Å². The van der Waals surface area contributed by atoms with Crippen LogP contribution >= 0.6 is 0 Å². The van der Waals surface area contributed by atoms with Crippen molar-refractivity contribution >= 4 is 11.7 Å². The van der Waals surface area contributed by atoms with E-state index in [0.29, 0.717) is 23.8 Å². The molecule has 3 rings (SSSR count). The van der Waals surface area contributed by atoms with Gasteiger partial charge in [0.05, 0.1) is 18.5 Å². The number of nitrogens with one attached hydrogen (secondary N) is 1. The summed E-state index contributed by atoms with van der Waals surface area (Å²) >= 11 is 0. The van der Waals surface area contributed by atoms with Crippen molar-refractivity contribution in [3.63, 3.8) is 0 Å². The molecule has 2 aromatic rings. The summed E-state index contributed by atoms with van der Waals surface area (Å²) in [6.07, 6.45) is 9.32. The van der Waals surface area contributed by atoms with Crippen LogP contribution in [0.1, 0.15) is 23.2 Å². The van der Waals surface area contributed by atoms with E-state index in [1.807, 2.05) is 17.4 Å². The monoisotopic (exact) mass is 329 g/mol. The fourth-order valence-corrected chi connectivity index (χ4v) is 3.08. The number of nitrogens with zero attached hydrogens (tertiary/aromatic N) is 4. The maximum atomic E-state index is 12.7. The Labute approximate surface area is 141 Å². The molecule has 0 aromatic carbocycles. The Bertz CT molecular complexity index is 642. The Hall–Kier alpha value is -2.41. The Morgan fingerprint density at radius 1 is 1.42 bits per heavy atom. The van der Waals surface area contributed by atoms with Crippen LogP contribution < -0.4 is 5.32 Å². The normalized spacial score (nSPS) is 17.7. The van der Waals surface area contributed by atoms with Crippen LogP contribution in [0.25, 0.3) is 0 Å². The van der Waals surface area contributed by atoms with Crippen molar-refractivity contribution < 1.29 is 9.90 Å². The zero-order valence-corrected chi connectivity index (χ0v) is 13.6. The van der Waals surface area contributed by atoms with Crippen LogP contribution in [0.3, 0.4) is 0 Å². The number of carbonyl (C=O) groups is 1. The van der Waals surface area contributed by atoms with E-state index >= 15 is 0 Å². The van der Waals surface area contributed by atoms with Crippen LogP contribution in [-0.2, 0) is 6.54 Å². The lowest BCUT2D eigenvalue weighted by atomic mass is 9.97. The number of aromatic nitrogens is 3. The fraction of sp³-hybridized carbons (Fsp3) is 0.471. The maximum absolute atomic E-state index is 12.7. The molecule has 1 aliphatic rings. The van der Waals surface area contributed by atoms with E-state index < -0.39 is 0 Å². The summed E-state index contributed by atoms with van der Waals surface area (Å²) in [6.45, 7) is 2.95. The standard InChI is InChI=1S/C17H23N5O2/c23-9-6-19-16-4-3-15(10-20-16)17(24)22-7-1-2-14(12-22)11-21-8-5-18-13-21/h3-5,8,10,13-14,23H,1-2,6-7,9,11-12H2,(H,19,20). The number of aliphatic hydroxyl groups excluding tert-OH is 1. The number of aliphatic hydroxyl groups is 1. The smallest absolute Gasteiger partial charge is 0.255 e. The number of pyridine rings is 1. The molecule has 2 aromatic heterocycles. The SMILES string of the molecule is O=C(c1ccc(NCCO)nc1)N1CCCC(Cn2ccnc2)C1. The molecule has 1 saturated heterocycles. The molecule has 3 heterocycles. The van der Waals surface area contributed by atoms with Gasteiger partial charge in [0.25, 0.3) is 5.91 Å². The largest absolute Gasteiger partial charge is 0.395 e. The van der Waals surface area contributed by atoms with Crippen LogP contribution in [-0.4, -0.2) is 56.7 Å². The van der Waals surface area contributed by atoms with Crippen molar-refractivity contribution in [3.8, 4) is 0 Å². The van der Waals surface area contributed by atoms with Crippen LogP contribution in [0, 0.1) is 5.92 Å². The lowest BCUT2D eigenvalue weighted by molar-refractivity contribution is 0.0662. The summed E-state index contributed by atoms with van der Waals surface area (Å²) in [5, 5.41) is 11.8. The summed E-state index contributed by atoms with van der Waals surface area (Å²) < 4.78 is 2.07. The average molecular weight is 329 g/mol. The van der Waals surface area contributed by atoms with Crippen LogP contribution in [0.5, 0.6) is 0 Å². The third-order valence-corrected chi connectivity index (χ3v) is 4.26. The van der Waals surface area contributed by atoms with E-state index in [1.165, 1.54) is 0 Å². The molecule has 7 nitrogen and oxygen atoms in total. The van der Waals surface area contributed by atoms with E-state index in [0.717, 1.165) is 32.5 Å². The number of anilines is 1. The fourth-order valence-electron chi connectivity index (χ4n) is 3.08. The molecule has 1 aliphatic heterocycles. The molecule has 0 spiro atoms. The molecule has 7 heteroatoms. The van der Waals surface area contributed by atoms with Crippen molar-refractivity contribution in [2.45, 2.75) is 19.4 Å². The summed E-state index contributed by atoms with van der Waals surface area (Å²) in [5.74, 6) is 1.15. The van der Waals surface area contributed by atoms with Gasteiger partial charge in [0.15, 0.2) is 0 Å². The van der Waals surface area contributed by atoms with E-state index in [4.69, 9.17) is 5.11 Å². The number of piperidine rings is 1. The Balaban J connectivity index is 1.59. The number of likely N-dealkylation sites (tertiary alicyclic amines) is 1. The minimum atomic E-state index is 0.0338. The van der Waals surface area contributed by atoms with Gasteiger partial charge >= 0.3 is 0 Å². The lowest BCUT2D eigenvalue weighted by Crippen LogP contribution is -2.41. The predicted molar refractivity (Wildman–Crippen MR) is 90.7 cm³/mol. The molecule has 0 radical (unpaired) electrons. The highest BCUT2D eigenvalue weighted by molar-refractivity contribution is 5.94. The third kappa shape index (κ3) is 4.11. The first-order valence-corrected chi connectivity index (χ1v) is 8.32. The number of carbonyl (C=O) groups excluding carboxylic acids is 1. The number of amides is 1. The first-order valence-electron chi connectivity index (χ1n) is 8.32. The highest BCUT2D eigenvalue weighted by atomic mass is 16.3. The molecular formula is C17H23N5O2. The minimum absolute atomic E-state index is 0.0338. The molecule has 24 heavy (non-hydrogen) atoms. The molecular weight excluding hydrogens is 306 g/mol. The average Bonchev–Trinajstić information content (AvgIpc) is 3.13. The molecule has 0 saturated carbocycles. The van der Waals surface area contributed by atoms with Gasteiger partial charge in [-0.1, -0.05) is 0 Å². The van der Waals surface area contributed by atoms with E-state index in [1.54, 1.807) is 24.5 Å². The first kappa shape index (κ1) is 16.4. The van der Waals surface area contributed by atoms with Crippen molar-refractivity contribution in [3.05, 3.63) is 42.6 Å². The second-order valence-electron chi connectivity index (χ2n) is 6.10. The van der Waals surface area contributed by atoms with Gasteiger partial charge in [0.2, 0.25) is 0 Å². The molecule has 2 N–H and O–H groups in total. The Morgan fingerprint density at radius 2 is 2.33 bits per heavy atom. The molecule has 128 valence electrons. The van der Waals surface area contributed by atoms with Gasteiger partial charge < -0.3 is 19.9 Å². The quantitative estimate of drug-likeness (QED) is 0.833. The van der Waals surface area contributed by atoms with Crippen LogP contribution in [0.4, 0.5) is 5.82 Å². The van der Waals surface area contributed by atoms with E-state index in [-0.39, 0.29) is 12.5 Å². The Morgan fingerprint density at radius 3 is 3.04 bits per heavy atom. The van der Waals surface area contributed by atoms with Gasteiger partial charge in [-0.25, -0.2) is 9.97 Å². The van der Waals surface area contributed by atoms with E-state index in [2.05, 4.69) is 19.9 Å². The van der Waals surface area contributed by atoms with Crippen molar-refractivity contribution in [1.29, 1.82) is 0 Å². The lowest BCUT2D eigenvalue weighted by Gasteiger charge is -2.33. The van der Waals surface area contributed by atoms with Crippen LogP contribution in [0.2, 0.25) is 0 Å². The zero-order valence-electron chi connectivity index (χ0n) is 13.6. The van der Waals surface area contributed by atoms with Gasteiger partial charge in [0, 0.05) is 44.8 Å². The van der Waals surface area contributed by atoms with Gasteiger partial charge in [-0.05, 0) is 30.9 Å². The predicted octanol–water partition coefficient (Wildman–Crippen LogP) is 1.23. The molecule has 0 bridgehead atoms. The molecule has 1 unspecified atom stereocenters. The number of hydrogen-bond donors (Lipinski definition) is 2. The highest BCUT2D eigenvalue weighted by Gasteiger charge is 2.24. The number of imidazole rings is 1. The molecule has 1 atom stereocenters. The number of hydrogen-bond acceptors (Lipinski definition) is 5. The second kappa shape index (κ2) is 7.92. The summed E-state index contributed by atoms with van der Waals surface area (Å²) in [7, 11) is 0. The molecule has 1 fully saturated rings. The van der Waals surface area contributed by atoms with E-state index in [9.17, 15) is 4.79 Å². The first-order chi connectivity index (χ1) is 11.8. The summed E-state index contributed by atoms with van der Waals surface area (Å²) in [4.78, 5) is 22.9. The summed E-state index contributed by atoms with van der Waals surface area (Å²) in [6, 6.07) is 3.56. The van der Waals surface area contributed by atoms with Gasteiger partial charge in [-0.15, -0.1) is 0 Å². The van der Waals surface area contributed by atoms with Crippen molar-refractivity contribution in [1.82, 2.24) is 19.4 Å². The molecule has 0 aliphatic carbocycles. The van der Waals surface area contributed by atoms with Crippen molar-refractivity contribution in [2.24, 2.45) is 5.92 Å². The topological polar surface area (TPSA) is 83.3 Å². The summed E-state index contributed by atoms with van der Waals surface area (Å²) in [5.41, 5.74) is 0.604.